The number of rotatable bonds is 5. The zero-order valence-corrected chi connectivity index (χ0v) is 13.8. The average molecular weight is 332 g/mol. The van der Waals surface area contributed by atoms with E-state index in [0.717, 1.165) is 10.8 Å². The molecule has 1 aromatic rings. The molecule has 0 saturated carbocycles. The quantitative estimate of drug-likeness (QED) is 0.818. The number of piperidine rings is 1. The van der Waals surface area contributed by atoms with E-state index in [4.69, 9.17) is 0 Å². The van der Waals surface area contributed by atoms with Crippen molar-refractivity contribution in [1.29, 1.82) is 0 Å². The van der Waals surface area contributed by atoms with Crippen molar-refractivity contribution in [2.24, 2.45) is 5.92 Å². The zero-order chi connectivity index (χ0) is 15.5. The lowest BCUT2D eigenvalue weighted by Crippen LogP contribution is -2.42. The number of thiazole rings is 1. The van der Waals surface area contributed by atoms with E-state index >= 15 is 0 Å². The Kier molecular flexibility index (Phi) is 5.17. The van der Waals surface area contributed by atoms with Crippen molar-refractivity contribution >= 4 is 32.4 Å². The molecule has 0 aromatic carbocycles. The second-order valence-electron chi connectivity index (χ2n) is 5.05. The number of nitrogens with zero attached hydrogens (tertiary/aromatic N) is 2. The topological polar surface area (TPSA) is 91.4 Å². The van der Waals surface area contributed by atoms with Gasteiger partial charge in [-0.25, -0.2) is 17.7 Å². The van der Waals surface area contributed by atoms with Crippen LogP contribution in [0.3, 0.4) is 0 Å². The molecule has 9 heteroatoms. The summed E-state index contributed by atoms with van der Waals surface area (Å²) in [4.78, 5) is 16.4. The van der Waals surface area contributed by atoms with Crippen LogP contribution in [0.4, 0.5) is 5.13 Å². The molecule has 1 aliphatic rings. The third-order valence-corrected chi connectivity index (χ3v) is 5.71. The van der Waals surface area contributed by atoms with Crippen molar-refractivity contribution in [3.63, 3.8) is 0 Å². The van der Waals surface area contributed by atoms with E-state index in [0.29, 0.717) is 32.5 Å². The number of carbonyl (C=O) groups is 1. The third kappa shape index (κ3) is 4.39. The molecule has 1 saturated heterocycles. The second-order valence-corrected chi connectivity index (χ2v) is 7.89. The Morgan fingerprint density at radius 2 is 2.14 bits per heavy atom. The van der Waals surface area contributed by atoms with E-state index in [1.807, 2.05) is 5.38 Å². The monoisotopic (exact) mass is 332 g/mol. The minimum atomic E-state index is -3.14. The van der Waals surface area contributed by atoms with Crippen LogP contribution in [0.25, 0.3) is 0 Å². The maximum Gasteiger partial charge on any atom is 0.223 e. The molecule has 1 fully saturated rings. The van der Waals surface area contributed by atoms with Gasteiger partial charge in [0.05, 0.1) is 18.5 Å². The van der Waals surface area contributed by atoms with Gasteiger partial charge in [-0.1, -0.05) is 0 Å². The van der Waals surface area contributed by atoms with Gasteiger partial charge in [0.25, 0.3) is 0 Å². The Morgan fingerprint density at radius 1 is 1.48 bits per heavy atom. The highest BCUT2D eigenvalue weighted by Crippen LogP contribution is 2.19. The minimum Gasteiger partial charge on any atom is -0.365 e. The molecule has 21 heavy (non-hydrogen) atoms. The number of nitrogens with one attached hydrogen (secondary N) is 2. The predicted octanol–water partition coefficient (Wildman–Crippen LogP) is 0.473. The first-order valence-corrected chi connectivity index (χ1v) is 9.48. The molecular formula is C12H20N4O3S2. The molecule has 118 valence electrons. The molecular weight excluding hydrogens is 312 g/mol. The van der Waals surface area contributed by atoms with Crippen LogP contribution in [0, 0.1) is 5.92 Å². The fourth-order valence-electron chi connectivity index (χ4n) is 2.27. The van der Waals surface area contributed by atoms with Gasteiger partial charge in [0.1, 0.15) is 0 Å². The van der Waals surface area contributed by atoms with Crippen molar-refractivity contribution < 1.29 is 13.2 Å². The Morgan fingerprint density at radius 3 is 2.67 bits per heavy atom. The number of sulfonamides is 1. The van der Waals surface area contributed by atoms with Gasteiger partial charge in [0, 0.05) is 31.4 Å². The Bertz CT molecular complexity index is 591. The van der Waals surface area contributed by atoms with Gasteiger partial charge in [0.2, 0.25) is 15.9 Å². The Balaban J connectivity index is 1.80. The zero-order valence-electron chi connectivity index (χ0n) is 12.1. The maximum absolute atomic E-state index is 12.1. The fourth-order valence-corrected chi connectivity index (χ4v) is 3.82. The van der Waals surface area contributed by atoms with Crippen LogP contribution in [0.1, 0.15) is 18.5 Å². The van der Waals surface area contributed by atoms with Crippen LogP contribution in [-0.2, 0) is 21.4 Å². The first-order valence-electron chi connectivity index (χ1n) is 6.75. The molecule has 1 aliphatic heterocycles. The number of carbonyl (C=O) groups excluding carboxylic acids is 1. The van der Waals surface area contributed by atoms with E-state index < -0.39 is 10.0 Å². The van der Waals surface area contributed by atoms with Gasteiger partial charge in [-0.3, -0.25) is 4.79 Å². The van der Waals surface area contributed by atoms with Gasteiger partial charge in [0.15, 0.2) is 5.13 Å². The molecule has 2 N–H and O–H groups in total. The molecule has 0 unspecified atom stereocenters. The number of hydrogen-bond acceptors (Lipinski definition) is 6. The van der Waals surface area contributed by atoms with Gasteiger partial charge < -0.3 is 10.6 Å². The van der Waals surface area contributed by atoms with Crippen LogP contribution in [0.2, 0.25) is 0 Å². The number of hydrogen-bond donors (Lipinski definition) is 2. The molecule has 0 atom stereocenters. The van der Waals surface area contributed by atoms with E-state index in [9.17, 15) is 13.2 Å². The van der Waals surface area contributed by atoms with Crippen LogP contribution in [0.15, 0.2) is 5.38 Å². The molecule has 1 aromatic heterocycles. The minimum absolute atomic E-state index is 0.0258. The molecule has 2 heterocycles. The molecule has 1 amide bonds. The lowest BCUT2D eigenvalue weighted by molar-refractivity contribution is -0.126. The molecule has 0 radical (unpaired) electrons. The SMILES string of the molecule is CNc1nc(CNC(=O)C2CCN(S(C)(=O)=O)CC2)cs1. The summed E-state index contributed by atoms with van der Waals surface area (Å²) >= 11 is 1.49. The smallest absolute Gasteiger partial charge is 0.223 e. The van der Waals surface area contributed by atoms with Crippen LogP contribution < -0.4 is 10.6 Å². The van der Waals surface area contributed by atoms with Crippen molar-refractivity contribution in [3.05, 3.63) is 11.1 Å². The second kappa shape index (κ2) is 6.71. The lowest BCUT2D eigenvalue weighted by Gasteiger charge is -2.29. The summed E-state index contributed by atoms with van der Waals surface area (Å²) in [6, 6.07) is 0. The highest BCUT2D eigenvalue weighted by Gasteiger charge is 2.28. The van der Waals surface area contributed by atoms with E-state index in [2.05, 4.69) is 15.6 Å². The lowest BCUT2D eigenvalue weighted by atomic mass is 9.97. The molecule has 2 rings (SSSR count). The first kappa shape index (κ1) is 16.2. The number of anilines is 1. The largest absolute Gasteiger partial charge is 0.365 e. The van der Waals surface area contributed by atoms with Crippen LogP contribution >= 0.6 is 11.3 Å². The van der Waals surface area contributed by atoms with Gasteiger partial charge >= 0.3 is 0 Å². The van der Waals surface area contributed by atoms with E-state index in [-0.39, 0.29) is 11.8 Å². The van der Waals surface area contributed by atoms with E-state index in [1.54, 1.807) is 7.05 Å². The highest BCUT2D eigenvalue weighted by atomic mass is 32.2. The predicted molar refractivity (Wildman–Crippen MR) is 82.6 cm³/mol. The van der Waals surface area contributed by atoms with Crippen molar-refractivity contribution in [2.45, 2.75) is 19.4 Å². The van der Waals surface area contributed by atoms with Crippen molar-refractivity contribution in [1.82, 2.24) is 14.6 Å². The summed E-state index contributed by atoms with van der Waals surface area (Å²) in [6.07, 6.45) is 2.34. The van der Waals surface area contributed by atoms with Gasteiger partial charge in [-0.15, -0.1) is 11.3 Å². The van der Waals surface area contributed by atoms with Gasteiger partial charge in [-0.05, 0) is 12.8 Å². The summed E-state index contributed by atoms with van der Waals surface area (Å²) in [5.74, 6) is -0.146. The molecule has 0 aliphatic carbocycles. The summed E-state index contributed by atoms with van der Waals surface area (Å²) < 4.78 is 24.3. The first-order chi connectivity index (χ1) is 9.90. The van der Waals surface area contributed by atoms with Crippen LogP contribution in [-0.4, -0.2) is 50.0 Å². The Hall–Kier alpha value is -1.19. The summed E-state index contributed by atoms with van der Waals surface area (Å²) in [5.41, 5.74) is 0.825. The van der Waals surface area contributed by atoms with Crippen LogP contribution in [0.5, 0.6) is 0 Å². The van der Waals surface area contributed by atoms with Gasteiger partial charge in [-0.2, -0.15) is 0 Å². The summed E-state index contributed by atoms with van der Waals surface area (Å²) in [6.45, 7) is 1.23. The van der Waals surface area contributed by atoms with Crippen molar-refractivity contribution in [2.75, 3.05) is 31.7 Å². The fraction of sp³-hybridized carbons (Fsp3) is 0.667. The molecule has 0 bridgehead atoms. The normalized spacial score (nSPS) is 17.6. The van der Waals surface area contributed by atoms with E-state index in [1.165, 1.54) is 21.9 Å². The highest BCUT2D eigenvalue weighted by molar-refractivity contribution is 7.88. The number of aromatic nitrogens is 1. The summed E-state index contributed by atoms with van der Waals surface area (Å²) in [7, 11) is -1.34. The third-order valence-electron chi connectivity index (χ3n) is 3.50. The molecule has 0 spiro atoms. The standard InChI is InChI=1S/C12H20N4O3S2/c1-13-12-15-10(8-20-12)7-14-11(17)9-3-5-16(6-4-9)21(2,18)19/h8-9H,3-7H2,1-2H3,(H,13,15)(H,14,17). The Labute approximate surface area is 128 Å². The molecule has 7 nitrogen and oxygen atoms in total. The summed E-state index contributed by atoms with van der Waals surface area (Å²) in [5, 5.41) is 8.54. The average Bonchev–Trinajstić information content (AvgIpc) is 2.92. The van der Waals surface area contributed by atoms with Crippen molar-refractivity contribution in [3.8, 4) is 0 Å². The maximum atomic E-state index is 12.1. The number of amides is 1.